The van der Waals surface area contributed by atoms with Crippen LogP contribution in [0.15, 0.2) is 36.4 Å². The van der Waals surface area contributed by atoms with Crippen LogP contribution in [0.4, 0.5) is 0 Å². The second-order valence-corrected chi connectivity index (χ2v) is 4.61. The van der Waals surface area contributed by atoms with Crippen LogP contribution in [0, 0.1) is 0 Å². The van der Waals surface area contributed by atoms with Gasteiger partial charge in [0.15, 0.2) is 12.3 Å². The van der Waals surface area contributed by atoms with Crippen molar-refractivity contribution in [3.63, 3.8) is 0 Å². The van der Waals surface area contributed by atoms with Gasteiger partial charge < -0.3 is 9.84 Å². The lowest BCUT2D eigenvalue weighted by Crippen LogP contribution is -2.45. The van der Waals surface area contributed by atoms with Crippen molar-refractivity contribution < 1.29 is 19.4 Å². The molecular formula is C15H17NO4. The molecule has 1 aliphatic heterocycles. The number of esters is 1. The minimum atomic E-state index is -1.16. The summed E-state index contributed by atoms with van der Waals surface area (Å²) in [5, 5.41) is 10.3. The summed E-state index contributed by atoms with van der Waals surface area (Å²) in [6, 6.07) is 5.78. The van der Waals surface area contributed by atoms with Gasteiger partial charge in [-0.25, -0.2) is 4.79 Å². The number of rotatable bonds is 4. The quantitative estimate of drug-likeness (QED) is 0.670. The third-order valence-corrected chi connectivity index (χ3v) is 3.51. The van der Waals surface area contributed by atoms with Gasteiger partial charge in [-0.05, 0) is 18.1 Å². The smallest absolute Gasteiger partial charge is 0.333 e. The summed E-state index contributed by atoms with van der Waals surface area (Å²) in [7, 11) is 1.25. The van der Waals surface area contributed by atoms with Gasteiger partial charge in [-0.15, -0.1) is 0 Å². The number of aliphatic hydroxyl groups excluding tert-OH is 1. The highest BCUT2D eigenvalue weighted by Gasteiger charge is 2.43. The molecule has 0 saturated heterocycles. The number of benzene rings is 1. The average molecular weight is 275 g/mol. The number of methoxy groups -OCH3 is 1. The predicted octanol–water partition coefficient (Wildman–Crippen LogP) is 1.64. The van der Waals surface area contributed by atoms with Gasteiger partial charge in [-0.2, -0.15) is 0 Å². The Hall–Kier alpha value is -2.14. The second kappa shape index (κ2) is 5.46. The highest BCUT2D eigenvalue weighted by Crippen LogP contribution is 2.35. The molecular weight excluding hydrogens is 258 g/mol. The molecule has 0 radical (unpaired) electrons. The zero-order valence-electron chi connectivity index (χ0n) is 11.5. The highest BCUT2D eigenvalue weighted by molar-refractivity contribution is 6.01. The fourth-order valence-electron chi connectivity index (χ4n) is 2.36. The maximum Gasteiger partial charge on any atom is 0.333 e. The normalized spacial score (nSPS) is 18.6. The van der Waals surface area contributed by atoms with Crippen molar-refractivity contribution in [3.05, 3.63) is 47.5 Å². The largest absolute Gasteiger partial charge is 0.467 e. The summed E-state index contributed by atoms with van der Waals surface area (Å²) in [6.07, 6.45) is -0.654. The topological polar surface area (TPSA) is 66.8 Å². The lowest BCUT2D eigenvalue weighted by Gasteiger charge is -2.29. The van der Waals surface area contributed by atoms with Crippen molar-refractivity contribution in [1.29, 1.82) is 0 Å². The molecule has 0 aromatic heterocycles. The SMILES string of the molecule is C=C(CC)[C@@H](C(=O)OC)N1C(=O)c2ccccc2[C@H]1O. The van der Waals surface area contributed by atoms with Crippen LogP contribution < -0.4 is 0 Å². The number of hydrogen-bond acceptors (Lipinski definition) is 4. The number of carbonyl (C=O) groups is 2. The van der Waals surface area contributed by atoms with Gasteiger partial charge in [0.2, 0.25) is 0 Å². The minimum Gasteiger partial charge on any atom is -0.467 e. The number of fused-ring (bicyclic) bond motifs is 1. The molecule has 0 spiro atoms. The molecule has 1 aliphatic rings. The predicted molar refractivity (Wildman–Crippen MR) is 72.8 cm³/mol. The standard InChI is InChI=1S/C15H17NO4/c1-4-9(2)12(15(19)20-3)16-13(17)10-7-5-6-8-11(10)14(16)18/h5-8,12-13,17H,2,4H2,1,3H3/t12-,13+/m0/s1. The molecule has 1 aromatic rings. The first-order valence-corrected chi connectivity index (χ1v) is 6.38. The van der Waals surface area contributed by atoms with Crippen molar-refractivity contribution in [1.82, 2.24) is 4.90 Å². The number of amides is 1. The van der Waals surface area contributed by atoms with Crippen LogP contribution in [0.1, 0.15) is 35.5 Å². The monoisotopic (exact) mass is 275 g/mol. The van der Waals surface area contributed by atoms with Crippen molar-refractivity contribution in [2.75, 3.05) is 7.11 Å². The molecule has 106 valence electrons. The van der Waals surface area contributed by atoms with Gasteiger partial charge in [-0.3, -0.25) is 9.69 Å². The van der Waals surface area contributed by atoms with Gasteiger partial charge in [-0.1, -0.05) is 31.7 Å². The Balaban J connectivity index is 2.44. The van der Waals surface area contributed by atoms with E-state index in [1.54, 1.807) is 24.3 Å². The van der Waals surface area contributed by atoms with Crippen molar-refractivity contribution in [3.8, 4) is 0 Å². The van der Waals surface area contributed by atoms with Crippen LogP contribution in [0.2, 0.25) is 0 Å². The van der Waals surface area contributed by atoms with Crippen molar-refractivity contribution in [2.24, 2.45) is 0 Å². The molecule has 0 unspecified atom stereocenters. The van der Waals surface area contributed by atoms with E-state index < -0.39 is 24.1 Å². The Labute approximate surface area is 117 Å². The van der Waals surface area contributed by atoms with Crippen LogP contribution >= 0.6 is 0 Å². The summed E-state index contributed by atoms with van der Waals surface area (Å²) in [5.74, 6) is -0.991. The van der Waals surface area contributed by atoms with E-state index in [-0.39, 0.29) is 0 Å². The zero-order chi connectivity index (χ0) is 14.9. The van der Waals surface area contributed by atoms with E-state index in [1.807, 2.05) is 6.92 Å². The summed E-state index contributed by atoms with van der Waals surface area (Å²) in [6.45, 7) is 5.64. The van der Waals surface area contributed by atoms with Gasteiger partial charge >= 0.3 is 5.97 Å². The van der Waals surface area contributed by atoms with E-state index in [1.165, 1.54) is 7.11 Å². The first kappa shape index (κ1) is 14.3. The zero-order valence-corrected chi connectivity index (χ0v) is 11.5. The molecule has 2 atom stereocenters. The van der Waals surface area contributed by atoms with E-state index in [0.29, 0.717) is 23.1 Å². The molecule has 0 bridgehead atoms. The van der Waals surface area contributed by atoms with E-state index >= 15 is 0 Å². The molecule has 0 aliphatic carbocycles. The molecule has 0 saturated carbocycles. The van der Waals surface area contributed by atoms with E-state index in [9.17, 15) is 14.7 Å². The van der Waals surface area contributed by atoms with E-state index in [4.69, 9.17) is 4.74 Å². The van der Waals surface area contributed by atoms with Crippen LogP contribution in [-0.4, -0.2) is 35.0 Å². The molecule has 5 nitrogen and oxygen atoms in total. The third-order valence-electron chi connectivity index (χ3n) is 3.51. The molecule has 1 N–H and O–H groups in total. The Kier molecular flexibility index (Phi) is 3.90. The van der Waals surface area contributed by atoms with Crippen molar-refractivity contribution in [2.45, 2.75) is 25.6 Å². The Bertz CT molecular complexity index is 551. The Morgan fingerprint density at radius 2 is 2.15 bits per heavy atom. The van der Waals surface area contributed by atoms with E-state index in [0.717, 1.165) is 4.90 Å². The second-order valence-electron chi connectivity index (χ2n) is 4.61. The number of hydrogen-bond donors (Lipinski definition) is 1. The minimum absolute atomic E-state index is 0.391. The number of nitrogens with zero attached hydrogens (tertiary/aromatic N) is 1. The first-order chi connectivity index (χ1) is 9.52. The van der Waals surface area contributed by atoms with Crippen LogP contribution in [0.25, 0.3) is 0 Å². The van der Waals surface area contributed by atoms with Crippen molar-refractivity contribution >= 4 is 11.9 Å². The van der Waals surface area contributed by atoms with Crippen LogP contribution in [-0.2, 0) is 9.53 Å². The number of aliphatic hydroxyl groups is 1. The fraction of sp³-hybridized carbons (Fsp3) is 0.333. The summed E-state index contributed by atoms with van der Waals surface area (Å²) >= 11 is 0. The van der Waals surface area contributed by atoms with Gasteiger partial charge in [0, 0.05) is 11.1 Å². The lowest BCUT2D eigenvalue weighted by molar-refractivity contribution is -0.147. The molecule has 1 aromatic carbocycles. The maximum absolute atomic E-state index is 12.4. The molecule has 0 fully saturated rings. The van der Waals surface area contributed by atoms with Crippen LogP contribution in [0.3, 0.4) is 0 Å². The van der Waals surface area contributed by atoms with Crippen LogP contribution in [0.5, 0.6) is 0 Å². The molecule has 5 heteroatoms. The van der Waals surface area contributed by atoms with Gasteiger partial charge in [0.25, 0.3) is 5.91 Å². The average Bonchev–Trinajstić information content (AvgIpc) is 2.72. The molecule has 20 heavy (non-hydrogen) atoms. The Morgan fingerprint density at radius 3 is 2.70 bits per heavy atom. The highest BCUT2D eigenvalue weighted by atomic mass is 16.5. The third kappa shape index (κ3) is 2.10. The van der Waals surface area contributed by atoms with Gasteiger partial charge in [0.05, 0.1) is 7.11 Å². The maximum atomic E-state index is 12.4. The van der Waals surface area contributed by atoms with E-state index in [2.05, 4.69) is 6.58 Å². The van der Waals surface area contributed by atoms with Gasteiger partial charge in [0.1, 0.15) is 0 Å². The Morgan fingerprint density at radius 1 is 1.50 bits per heavy atom. The lowest BCUT2D eigenvalue weighted by atomic mass is 10.0. The number of ether oxygens (including phenoxy) is 1. The summed E-state index contributed by atoms with van der Waals surface area (Å²) < 4.78 is 4.74. The number of carbonyl (C=O) groups excluding carboxylic acids is 2. The molecule has 1 heterocycles. The molecule has 2 rings (SSSR count). The summed E-state index contributed by atoms with van der Waals surface area (Å²) in [4.78, 5) is 25.5. The molecule has 1 amide bonds. The first-order valence-electron chi connectivity index (χ1n) is 6.38. The summed E-state index contributed by atoms with van der Waals surface area (Å²) in [5.41, 5.74) is 1.42. The fourth-order valence-corrected chi connectivity index (χ4v) is 2.36.